The number of aromatic nitrogens is 3. The molecule has 7 aromatic carbocycles. The van der Waals surface area contributed by atoms with Gasteiger partial charge in [0.25, 0.3) is 0 Å². The molecule has 1 aliphatic heterocycles. The fourth-order valence-electron chi connectivity index (χ4n) is 8.55. The number of hydrogen-bond acceptors (Lipinski definition) is 2. The minimum Gasteiger partial charge on any atom is -0.294 e. The molecule has 0 radical (unpaired) electrons. The van der Waals surface area contributed by atoms with Crippen molar-refractivity contribution in [2.45, 2.75) is 12.8 Å². The second kappa shape index (κ2) is 11.4. The topological polar surface area (TPSA) is 35.1 Å². The van der Waals surface area contributed by atoms with E-state index < -0.39 is 0 Å². The molecule has 244 valence electrons. The molecule has 0 fully saturated rings. The minimum absolute atomic E-state index is 0.902. The van der Waals surface area contributed by atoms with Crippen molar-refractivity contribution in [1.82, 2.24) is 14.1 Å². The van der Waals surface area contributed by atoms with Crippen LogP contribution in [0.4, 0.5) is 0 Å². The van der Waals surface area contributed by atoms with Gasteiger partial charge in [-0.1, -0.05) is 127 Å². The number of pyridine rings is 1. The van der Waals surface area contributed by atoms with Crippen LogP contribution in [-0.2, 0) is 0 Å². The van der Waals surface area contributed by atoms with Crippen molar-refractivity contribution in [2.24, 2.45) is 4.99 Å². The highest BCUT2D eigenvalue weighted by atomic mass is 15.1. The molecule has 0 saturated heterocycles. The van der Waals surface area contributed by atoms with E-state index in [-0.39, 0.29) is 0 Å². The van der Waals surface area contributed by atoms with Crippen molar-refractivity contribution in [3.05, 3.63) is 175 Å². The Bertz CT molecular complexity index is 3130. The van der Waals surface area contributed by atoms with Gasteiger partial charge in [0.1, 0.15) is 11.6 Å². The molecule has 0 unspecified atom stereocenters. The Morgan fingerprint density at radius 3 is 1.67 bits per heavy atom. The Kier molecular flexibility index (Phi) is 6.34. The number of nitrogens with zero attached hydrogens (tertiary/aromatic N) is 4. The molecule has 0 aliphatic carbocycles. The standard InChI is InChI=1S/C48H32N4/c1-3-17-33-31(13-1)15-9-21-35(33)39-23-11-27-45(49-39)51-41-25-7-5-19-37(41)47-43(51)29-30-44-48(47)38-20-6-8-26-42(38)52(44)46-28-12-24-40(50-46)36-22-10-16-32-14-2-4-18-34(32)36/h1-11,13-23,25-30H,12,24H2. The van der Waals surface area contributed by atoms with Crippen molar-refractivity contribution in [1.29, 1.82) is 0 Å². The molecule has 1 aliphatic rings. The first-order valence-electron chi connectivity index (χ1n) is 18.0. The average molecular weight is 665 g/mol. The molecular weight excluding hydrogens is 633 g/mol. The monoisotopic (exact) mass is 664 g/mol. The van der Waals surface area contributed by atoms with Gasteiger partial charge in [-0.2, -0.15) is 0 Å². The van der Waals surface area contributed by atoms with Gasteiger partial charge in [-0.15, -0.1) is 0 Å². The Balaban J connectivity index is 1.15. The lowest BCUT2D eigenvalue weighted by Crippen LogP contribution is -2.08. The summed E-state index contributed by atoms with van der Waals surface area (Å²) in [7, 11) is 0. The quantitative estimate of drug-likeness (QED) is 0.184. The van der Waals surface area contributed by atoms with Crippen LogP contribution in [0.15, 0.2) is 175 Å². The summed E-state index contributed by atoms with van der Waals surface area (Å²) in [6.45, 7) is 0. The molecule has 3 aromatic heterocycles. The van der Waals surface area contributed by atoms with E-state index >= 15 is 0 Å². The van der Waals surface area contributed by atoms with Crippen molar-refractivity contribution >= 4 is 76.7 Å². The van der Waals surface area contributed by atoms with Gasteiger partial charge in [0.15, 0.2) is 0 Å². The molecule has 52 heavy (non-hydrogen) atoms. The third kappa shape index (κ3) is 4.28. The normalized spacial score (nSPS) is 13.5. The fourth-order valence-corrected chi connectivity index (χ4v) is 8.55. The van der Waals surface area contributed by atoms with Crippen LogP contribution in [0.5, 0.6) is 0 Å². The summed E-state index contributed by atoms with van der Waals surface area (Å²) in [5, 5.41) is 9.81. The Morgan fingerprint density at radius 1 is 0.423 bits per heavy atom. The zero-order valence-corrected chi connectivity index (χ0v) is 28.4. The molecule has 4 heterocycles. The van der Waals surface area contributed by atoms with Gasteiger partial charge in [-0.3, -0.25) is 9.13 Å². The SMILES string of the molecule is C1=C(n2c3ccccc3c3c4c5ccccc5n(-c5cccc(-c6cccc7ccccc67)n5)c4ccc32)N=C(c2cccc3ccccc23)CC1. The molecule has 4 nitrogen and oxygen atoms in total. The maximum absolute atomic E-state index is 5.43. The van der Waals surface area contributed by atoms with Crippen LogP contribution in [-0.4, -0.2) is 19.8 Å². The maximum Gasteiger partial charge on any atom is 0.138 e. The van der Waals surface area contributed by atoms with Crippen LogP contribution < -0.4 is 0 Å². The van der Waals surface area contributed by atoms with E-state index in [1.165, 1.54) is 48.7 Å². The number of para-hydroxylation sites is 2. The van der Waals surface area contributed by atoms with Crippen LogP contribution in [0.1, 0.15) is 18.4 Å². The first-order valence-corrected chi connectivity index (χ1v) is 18.0. The van der Waals surface area contributed by atoms with E-state index in [0.717, 1.165) is 63.5 Å². The molecule has 0 atom stereocenters. The van der Waals surface area contributed by atoms with E-state index in [1.54, 1.807) is 0 Å². The van der Waals surface area contributed by atoms with Gasteiger partial charge in [0.05, 0.1) is 33.5 Å². The largest absolute Gasteiger partial charge is 0.294 e. The third-order valence-corrected chi connectivity index (χ3v) is 10.8. The summed E-state index contributed by atoms with van der Waals surface area (Å²) in [4.78, 5) is 10.8. The summed E-state index contributed by atoms with van der Waals surface area (Å²) in [5.41, 5.74) is 9.03. The van der Waals surface area contributed by atoms with Crippen molar-refractivity contribution in [3.63, 3.8) is 0 Å². The third-order valence-electron chi connectivity index (χ3n) is 10.8. The number of rotatable bonds is 4. The van der Waals surface area contributed by atoms with Crippen LogP contribution in [0.2, 0.25) is 0 Å². The van der Waals surface area contributed by atoms with Gasteiger partial charge >= 0.3 is 0 Å². The minimum atomic E-state index is 0.902. The van der Waals surface area contributed by atoms with Crippen LogP contribution in [0.3, 0.4) is 0 Å². The lowest BCUT2D eigenvalue weighted by molar-refractivity contribution is 1.02. The van der Waals surface area contributed by atoms with Gasteiger partial charge in [-0.05, 0) is 76.9 Å². The van der Waals surface area contributed by atoms with Gasteiger partial charge in [0.2, 0.25) is 0 Å². The van der Waals surface area contributed by atoms with Crippen molar-refractivity contribution in [3.8, 4) is 17.1 Å². The van der Waals surface area contributed by atoms with Crippen LogP contribution in [0, 0.1) is 0 Å². The van der Waals surface area contributed by atoms with E-state index in [1.807, 2.05) is 0 Å². The fraction of sp³-hybridized carbons (Fsp3) is 0.0417. The van der Waals surface area contributed by atoms with Crippen LogP contribution in [0.25, 0.3) is 88.1 Å². The first-order chi connectivity index (χ1) is 25.8. The second-order valence-corrected chi connectivity index (χ2v) is 13.7. The molecule has 0 amide bonds. The number of benzene rings is 7. The predicted molar refractivity (Wildman–Crippen MR) is 219 cm³/mol. The number of allylic oxidation sites excluding steroid dienone is 1. The van der Waals surface area contributed by atoms with E-state index in [0.29, 0.717) is 0 Å². The second-order valence-electron chi connectivity index (χ2n) is 13.7. The molecule has 4 heteroatoms. The molecule has 11 rings (SSSR count). The molecular formula is C48H32N4. The van der Waals surface area contributed by atoms with E-state index in [4.69, 9.17) is 9.98 Å². The molecule has 10 aromatic rings. The summed E-state index contributed by atoms with van der Waals surface area (Å²) in [5.74, 6) is 1.88. The zero-order chi connectivity index (χ0) is 34.2. The summed E-state index contributed by atoms with van der Waals surface area (Å²) in [6.07, 6.45) is 4.15. The summed E-state index contributed by atoms with van der Waals surface area (Å²) in [6, 6.07) is 58.6. The van der Waals surface area contributed by atoms with Gasteiger partial charge in [-0.25, -0.2) is 9.98 Å². The summed E-state index contributed by atoms with van der Waals surface area (Å²) >= 11 is 0. The van der Waals surface area contributed by atoms with Crippen LogP contribution >= 0.6 is 0 Å². The highest BCUT2D eigenvalue weighted by molar-refractivity contribution is 6.29. The highest BCUT2D eigenvalue weighted by Gasteiger charge is 2.23. The van der Waals surface area contributed by atoms with Gasteiger partial charge < -0.3 is 0 Å². The van der Waals surface area contributed by atoms with E-state index in [9.17, 15) is 0 Å². The van der Waals surface area contributed by atoms with E-state index in [2.05, 4.69) is 179 Å². The lowest BCUT2D eigenvalue weighted by atomic mass is 9.97. The first kappa shape index (κ1) is 29.0. The van der Waals surface area contributed by atoms with Crippen molar-refractivity contribution in [2.75, 3.05) is 0 Å². The molecule has 0 N–H and O–H groups in total. The Morgan fingerprint density at radius 2 is 0.962 bits per heavy atom. The predicted octanol–water partition coefficient (Wildman–Crippen LogP) is 12.3. The maximum atomic E-state index is 5.43. The zero-order valence-electron chi connectivity index (χ0n) is 28.4. The van der Waals surface area contributed by atoms with Crippen molar-refractivity contribution < 1.29 is 0 Å². The molecule has 0 bridgehead atoms. The smallest absolute Gasteiger partial charge is 0.138 e. The molecule has 0 saturated carbocycles. The Labute approximate surface area is 300 Å². The summed E-state index contributed by atoms with van der Waals surface area (Å²) < 4.78 is 4.71. The number of hydrogen-bond donors (Lipinski definition) is 0. The Hall–Kier alpha value is -6.78. The lowest BCUT2D eigenvalue weighted by Gasteiger charge is -2.17. The highest BCUT2D eigenvalue weighted by Crippen LogP contribution is 2.43. The van der Waals surface area contributed by atoms with Gasteiger partial charge in [0, 0.05) is 32.7 Å². The number of aliphatic imine (C=N–C) groups is 1. The number of fused-ring (bicyclic) bond motifs is 9. The molecule has 0 spiro atoms. The average Bonchev–Trinajstić information content (AvgIpc) is 3.73.